The van der Waals surface area contributed by atoms with Crippen LogP contribution in [0.25, 0.3) is 16.6 Å². The zero-order valence-corrected chi connectivity index (χ0v) is 23.3. The number of rotatable bonds is 7. The first-order valence-corrected chi connectivity index (χ1v) is 13.5. The van der Waals surface area contributed by atoms with Crippen LogP contribution < -0.4 is 14.4 Å². The average Bonchev–Trinajstić information content (AvgIpc) is 3.41. The first-order valence-electron chi connectivity index (χ1n) is 13.5. The summed E-state index contributed by atoms with van der Waals surface area (Å²) in [5.41, 5.74) is 2.93. The highest BCUT2D eigenvalue weighted by Gasteiger charge is 2.44. The van der Waals surface area contributed by atoms with Crippen molar-refractivity contribution in [3.8, 4) is 40.7 Å². The Hall–Kier alpha value is -4.64. The quantitative estimate of drug-likeness (QED) is 0.347. The third-order valence-corrected chi connectivity index (χ3v) is 7.51. The number of nitrogens with zero attached hydrogens (tertiary/aromatic N) is 7. The van der Waals surface area contributed by atoms with Crippen LogP contribution in [0.15, 0.2) is 55.1 Å². The Morgan fingerprint density at radius 3 is 2.59 bits per heavy atom. The second-order valence-electron chi connectivity index (χ2n) is 10.9. The molecule has 0 aromatic carbocycles. The Kier molecular flexibility index (Phi) is 6.96. The summed E-state index contributed by atoms with van der Waals surface area (Å²) >= 11 is 0. The molecule has 0 saturated carbocycles. The van der Waals surface area contributed by atoms with Gasteiger partial charge in [-0.3, -0.25) is 4.90 Å². The molecule has 0 amide bonds. The van der Waals surface area contributed by atoms with Crippen molar-refractivity contribution in [3.05, 3.63) is 66.2 Å². The summed E-state index contributed by atoms with van der Waals surface area (Å²) in [6, 6.07) is 13.1. The van der Waals surface area contributed by atoms with Crippen molar-refractivity contribution in [2.24, 2.45) is 0 Å². The van der Waals surface area contributed by atoms with Gasteiger partial charge in [0.15, 0.2) is 0 Å². The number of piperidine rings is 1. The Balaban J connectivity index is 1.18. The van der Waals surface area contributed by atoms with Gasteiger partial charge in [0.05, 0.1) is 30.6 Å². The number of aromatic nitrogens is 4. The monoisotopic (exact) mass is 549 g/mol. The van der Waals surface area contributed by atoms with Crippen LogP contribution >= 0.6 is 0 Å². The van der Waals surface area contributed by atoms with Gasteiger partial charge < -0.3 is 19.5 Å². The molecule has 0 radical (unpaired) electrons. The molecule has 3 aliphatic rings. The minimum atomic E-state index is -1.09. The number of ether oxygens (including phenoxy) is 2. The summed E-state index contributed by atoms with van der Waals surface area (Å²) in [6.45, 7) is 6.09. The van der Waals surface area contributed by atoms with Gasteiger partial charge in [0.2, 0.25) is 5.88 Å². The number of pyridine rings is 3. The maximum atomic E-state index is 9.81. The fourth-order valence-corrected chi connectivity index (χ4v) is 5.55. The van der Waals surface area contributed by atoms with E-state index in [0.29, 0.717) is 34.8 Å². The van der Waals surface area contributed by atoms with Crippen molar-refractivity contribution in [2.75, 3.05) is 31.7 Å². The lowest BCUT2D eigenvalue weighted by Crippen LogP contribution is -2.68. The zero-order chi connectivity index (χ0) is 28.6. The molecule has 2 bridgehead atoms. The molecule has 208 valence electrons. The van der Waals surface area contributed by atoms with Gasteiger partial charge in [-0.05, 0) is 44.0 Å². The van der Waals surface area contributed by atoms with Crippen molar-refractivity contribution < 1.29 is 14.6 Å². The van der Waals surface area contributed by atoms with Crippen molar-refractivity contribution in [2.45, 2.75) is 44.5 Å². The highest BCUT2D eigenvalue weighted by Crippen LogP contribution is 2.36. The average molecular weight is 550 g/mol. The minimum Gasteiger partial charge on any atom is -0.481 e. The normalized spacial score (nSPS) is 18.3. The van der Waals surface area contributed by atoms with Crippen LogP contribution in [0.2, 0.25) is 0 Å². The van der Waals surface area contributed by atoms with E-state index < -0.39 is 5.60 Å². The van der Waals surface area contributed by atoms with Crippen LogP contribution in [-0.4, -0.2) is 74.1 Å². The number of piperazine rings is 1. The molecule has 7 rings (SSSR count). The third kappa shape index (κ3) is 5.53. The van der Waals surface area contributed by atoms with E-state index in [0.717, 1.165) is 36.6 Å². The molecule has 4 aromatic rings. The molecule has 3 fully saturated rings. The topological polar surface area (TPSA) is 112 Å². The predicted octanol–water partition coefficient (Wildman–Crippen LogP) is 3.29. The van der Waals surface area contributed by atoms with E-state index in [4.69, 9.17) is 14.5 Å². The highest BCUT2D eigenvalue weighted by molar-refractivity contribution is 5.85. The first-order chi connectivity index (χ1) is 19.8. The van der Waals surface area contributed by atoms with Crippen LogP contribution in [0, 0.1) is 23.2 Å². The number of methoxy groups -OCH3 is 1. The van der Waals surface area contributed by atoms with Crippen molar-refractivity contribution >= 4 is 11.3 Å². The molecule has 3 aliphatic heterocycles. The minimum absolute atomic E-state index is 0.113. The molecule has 4 aromatic heterocycles. The molecular weight excluding hydrogens is 518 g/mol. The number of anilines is 1. The number of hydrogen-bond donors (Lipinski definition) is 1. The summed E-state index contributed by atoms with van der Waals surface area (Å²) in [5, 5.41) is 23.8. The number of nitriles is 1. The lowest BCUT2D eigenvalue weighted by molar-refractivity contribution is -0.00876. The molecule has 1 N–H and O–H groups in total. The van der Waals surface area contributed by atoms with Gasteiger partial charge in [-0.1, -0.05) is 17.9 Å². The van der Waals surface area contributed by atoms with Gasteiger partial charge in [0.25, 0.3) is 0 Å². The molecule has 10 heteroatoms. The number of aliphatic hydroxyl groups is 1. The molecule has 2 unspecified atom stereocenters. The van der Waals surface area contributed by atoms with Crippen LogP contribution in [0.3, 0.4) is 0 Å². The van der Waals surface area contributed by atoms with Crippen LogP contribution in [-0.2, 0) is 6.54 Å². The van der Waals surface area contributed by atoms with E-state index >= 15 is 0 Å². The summed E-state index contributed by atoms with van der Waals surface area (Å²) in [7, 11) is 1.63. The largest absolute Gasteiger partial charge is 0.481 e. The summed E-state index contributed by atoms with van der Waals surface area (Å²) in [6.07, 6.45) is 8.20. The van der Waals surface area contributed by atoms with E-state index in [1.54, 1.807) is 37.9 Å². The second kappa shape index (κ2) is 10.7. The third-order valence-electron chi connectivity index (χ3n) is 7.51. The van der Waals surface area contributed by atoms with E-state index in [2.05, 4.69) is 43.9 Å². The molecule has 10 nitrogen and oxygen atoms in total. The van der Waals surface area contributed by atoms with Crippen molar-refractivity contribution in [1.82, 2.24) is 24.5 Å². The predicted molar refractivity (Wildman–Crippen MR) is 153 cm³/mol. The number of fused-ring (bicyclic) bond motifs is 3. The van der Waals surface area contributed by atoms with Gasteiger partial charge in [-0.25, -0.2) is 14.5 Å². The van der Waals surface area contributed by atoms with E-state index in [9.17, 15) is 10.4 Å². The molecule has 3 saturated heterocycles. The molecule has 7 heterocycles. The Morgan fingerprint density at radius 2 is 1.93 bits per heavy atom. The number of hydrogen-bond acceptors (Lipinski definition) is 9. The van der Waals surface area contributed by atoms with E-state index in [1.165, 1.54) is 12.0 Å². The van der Waals surface area contributed by atoms with E-state index in [-0.39, 0.29) is 6.61 Å². The van der Waals surface area contributed by atoms with Gasteiger partial charge in [-0.15, -0.1) is 0 Å². The van der Waals surface area contributed by atoms with Crippen molar-refractivity contribution in [3.63, 3.8) is 0 Å². The lowest BCUT2D eigenvalue weighted by Gasteiger charge is -2.56. The van der Waals surface area contributed by atoms with Crippen LogP contribution in [0.5, 0.6) is 11.6 Å². The molecule has 0 spiro atoms. The highest BCUT2D eigenvalue weighted by atomic mass is 16.5. The van der Waals surface area contributed by atoms with Crippen molar-refractivity contribution in [1.29, 1.82) is 5.26 Å². The van der Waals surface area contributed by atoms with Gasteiger partial charge in [-0.2, -0.15) is 10.4 Å². The van der Waals surface area contributed by atoms with Crippen LogP contribution in [0.4, 0.5) is 5.82 Å². The summed E-state index contributed by atoms with van der Waals surface area (Å²) in [5.74, 6) is 7.70. The Bertz CT molecular complexity index is 1650. The fraction of sp³-hybridized carbons (Fsp3) is 0.355. The molecule has 2 atom stereocenters. The fourth-order valence-electron chi connectivity index (χ4n) is 5.55. The van der Waals surface area contributed by atoms with Gasteiger partial charge in [0.1, 0.15) is 29.8 Å². The van der Waals surface area contributed by atoms with E-state index in [1.807, 2.05) is 36.7 Å². The molecule has 0 aliphatic carbocycles. The Morgan fingerprint density at radius 1 is 1.10 bits per heavy atom. The standard InChI is InChI=1S/C31H31N7O3/c1-31(2,39)9-4-10-41-26-12-27(30-23(13-32)16-35-38(30)20-26)22-6-7-28(33-15-22)36-18-24-11-25(19-36)37(24)17-21-5-8-29(40-3)34-14-21/h5-8,12,14-16,20,24-25,39H,10-11,17-19H2,1-3H3. The second-order valence-corrected chi connectivity index (χ2v) is 10.9. The molecular formula is C31H31N7O3. The smallest absolute Gasteiger partial charge is 0.212 e. The lowest BCUT2D eigenvalue weighted by atomic mass is 9.87. The maximum Gasteiger partial charge on any atom is 0.212 e. The first kappa shape index (κ1) is 26.6. The summed E-state index contributed by atoms with van der Waals surface area (Å²) in [4.78, 5) is 14.1. The molecule has 41 heavy (non-hydrogen) atoms. The van der Waals surface area contributed by atoms with Gasteiger partial charge in [0, 0.05) is 61.3 Å². The van der Waals surface area contributed by atoms with Gasteiger partial charge >= 0.3 is 0 Å². The van der Waals surface area contributed by atoms with Crippen LogP contribution in [0.1, 0.15) is 31.4 Å². The maximum absolute atomic E-state index is 9.81. The SMILES string of the molecule is COc1ccc(CN2C3CC2CN(c2ccc(-c4cc(OCC#CC(C)(C)O)cn5ncc(C#N)c45)cn2)C3)cn1. The zero-order valence-electron chi connectivity index (χ0n) is 23.3. The Labute approximate surface area is 238 Å². The summed E-state index contributed by atoms with van der Waals surface area (Å²) < 4.78 is 12.7.